The summed E-state index contributed by atoms with van der Waals surface area (Å²) >= 11 is 0. The molecule has 2 aromatic heterocycles. The summed E-state index contributed by atoms with van der Waals surface area (Å²) in [6.45, 7) is 3.72. The van der Waals surface area contributed by atoms with Crippen LogP contribution in [0.5, 0.6) is 0 Å². The largest absolute Gasteiger partial charge is 0.361 e. The molecule has 2 heterocycles. The van der Waals surface area contributed by atoms with Gasteiger partial charge in [0.1, 0.15) is 5.76 Å². The fourth-order valence-electron chi connectivity index (χ4n) is 2.37. The van der Waals surface area contributed by atoms with Gasteiger partial charge in [-0.15, -0.1) is 0 Å². The Morgan fingerprint density at radius 1 is 1.32 bits per heavy atom. The van der Waals surface area contributed by atoms with E-state index in [1.54, 1.807) is 31.2 Å². The molecule has 0 unspecified atom stereocenters. The maximum absolute atomic E-state index is 12.0. The smallest absolute Gasteiger partial charge is 0.277 e. The third kappa shape index (κ3) is 2.63. The molecule has 6 heteroatoms. The number of aromatic nitrogens is 2. The van der Waals surface area contributed by atoms with Crippen molar-refractivity contribution in [3.63, 3.8) is 0 Å². The van der Waals surface area contributed by atoms with Gasteiger partial charge in [0.15, 0.2) is 5.69 Å². The Hall–Kier alpha value is -2.89. The first kappa shape index (κ1) is 14.1. The van der Waals surface area contributed by atoms with E-state index in [-0.39, 0.29) is 17.2 Å². The molecule has 3 rings (SSSR count). The van der Waals surface area contributed by atoms with Gasteiger partial charge >= 0.3 is 0 Å². The minimum absolute atomic E-state index is 0.153. The van der Waals surface area contributed by atoms with Crippen LogP contribution >= 0.6 is 0 Å². The van der Waals surface area contributed by atoms with E-state index >= 15 is 0 Å². The predicted octanol–water partition coefficient (Wildman–Crippen LogP) is 2.64. The number of hydrogen-bond acceptors (Lipinski definition) is 4. The van der Waals surface area contributed by atoms with Crippen LogP contribution in [0.1, 0.15) is 28.7 Å². The molecule has 22 heavy (non-hydrogen) atoms. The molecular formula is C16H15N3O3. The van der Waals surface area contributed by atoms with Crippen LogP contribution in [0, 0.1) is 6.92 Å². The minimum atomic E-state index is -0.356. The zero-order valence-electron chi connectivity index (χ0n) is 12.3. The van der Waals surface area contributed by atoms with E-state index in [0.29, 0.717) is 17.0 Å². The third-order valence-electron chi connectivity index (χ3n) is 3.43. The molecule has 0 spiro atoms. The molecule has 0 saturated heterocycles. The monoisotopic (exact) mass is 297 g/mol. The molecular weight excluding hydrogens is 282 g/mol. The summed E-state index contributed by atoms with van der Waals surface area (Å²) in [5.74, 6) is 0.214. The molecule has 0 atom stereocenters. The summed E-state index contributed by atoms with van der Waals surface area (Å²) in [6, 6.07) is 8.57. The van der Waals surface area contributed by atoms with E-state index in [9.17, 15) is 9.59 Å². The van der Waals surface area contributed by atoms with Gasteiger partial charge < -0.3 is 14.8 Å². The highest BCUT2D eigenvalue weighted by molar-refractivity contribution is 6.03. The zero-order chi connectivity index (χ0) is 15.7. The minimum Gasteiger partial charge on any atom is -0.361 e. The topological polar surface area (TPSA) is 88.0 Å². The Kier molecular flexibility index (Phi) is 3.50. The van der Waals surface area contributed by atoms with E-state index in [1.807, 2.05) is 13.0 Å². The highest BCUT2D eigenvalue weighted by Crippen LogP contribution is 2.20. The van der Waals surface area contributed by atoms with Crippen molar-refractivity contribution in [1.82, 2.24) is 10.1 Å². The molecule has 112 valence electrons. The van der Waals surface area contributed by atoms with Gasteiger partial charge in [-0.25, -0.2) is 0 Å². The molecule has 0 saturated carbocycles. The summed E-state index contributed by atoms with van der Waals surface area (Å²) in [7, 11) is 0. The maximum atomic E-state index is 12.0. The predicted molar refractivity (Wildman–Crippen MR) is 83.1 cm³/mol. The summed E-state index contributed by atoms with van der Waals surface area (Å²) in [4.78, 5) is 26.5. The van der Waals surface area contributed by atoms with Gasteiger partial charge in [-0.05, 0) is 31.0 Å². The Morgan fingerprint density at radius 3 is 2.82 bits per heavy atom. The number of fused-ring (bicyclic) bond motifs is 1. The number of carbonyl (C=O) groups is 1. The first-order valence-electron chi connectivity index (χ1n) is 6.97. The SMILES string of the molecule is CCc1cc(=O)[nH]c2cc(NC(=O)c3cc(C)on3)ccc12. The summed E-state index contributed by atoms with van der Waals surface area (Å²) < 4.78 is 4.88. The first-order valence-corrected chi connectivity index (χ1v) is 6.97. The lowest BCUT2D eigenvalue weighted by Crippen LogP contribution is -2.12. The second-order valence-corrected chi connectivity index (χ2v) is 5.05. The zero-order valence-corrected chi connectivity index (χ0v) is 12.3. The van der Waals surface area contributed by atoms with Gasteiger partial charge in [-0.2, -0.15) is 0 Å². The number of rotatable bonds is 3. The number of benzene rings is 1. The number of amides is 1. The van der Waals surface area contributed by atoms with Gasteiger partial charge in [0.05, 0.1) is 5.52 Å². The van der Waals surface area contributed by atoms with E-state index < -0.39 is 0 Å². The van der Waals surface area contributed by atoms with E-state index in [2.05, 4.69) is 15.5 Å². The van der Waals surface area contributed by atoms with E-state index in [1.165, 1.54) is 0 Å². The van der Waals surface area contributed by atoms with Crippen LogP contribution in [-0.4, -0.2) is 16.0 Å². The van der Waals surface area contributed by atoms with Gasteiger partial charge in [-0.1, -0.05) is 18.1 Å². The molecule has 0 aliphatic heterocycles. The number of pyridine rings is 1. The fraction of sp³-hybridized carbons (Fsp3) is 0.188. The molecule has 0 bridgehead atoms. The van der Waals surface area contributed by atoms with Crippen LogP contribution in [-0.2, 0) is 6.42 Å². The Morgan fingerprint density at radius 2 is 2.14 bits per heavy atom. The number of hydrogen-bond donors (Lipinski definition) is 2. The number of aromatic amines is 1. The van der Waals surface area contributed by atoms with Gasteiger partial charge in [0.25, 0.3) is 5.91 Å². The van der Waals surface area contributed by atoms with Gasteiger partial charge in [-0.3, -0.25) is 9.59 Å². The van der Waals surface area contributed by atoms with Gasteiger partial charge in [0.2, 0.25) is 5.56 Å². The van der Waals surface area contributed by atoms with Crippen LogP contribution in [0.25, 0.3) is 10.9 Å². The molecule has 2 N–H and O–H groups in total. The fourth-order valence-corrected chi connectivity index (χ4v) is 2.37. The quantitative estimate of drug-likeness (QED) is 0.778. The number of nitrogens with zero attached hydrogens (tertiary/aromatic N) is 1. The van der Waals surface area contributed by atoms with Crippen LogP contribution in [0.2, 0.25) is 0 Å². The highest BCUT2D eigenvalue weighted by Gasteiger charge is 2.11. The standard InChI is InChI=1S/C16H15N3O3/c1-3-10-7-15(20)18-13-8-11(4-5-12(10)13)17-16(21)14-6-9(2)22-19-14/h4-8H,3H2,1-2H3,(H,17,21)(H,18,20). The summed E-state index contributed by atoms with van der Waals surface area (Å²) in [6.07, 6.45) is 0.768. The Labute approximate surface area is 126 Å². The van der Waals surface area contributed by atoms with Crippen molar-refractivity contribution < 1.29 is 9.32 Å². The van der Waals surface area contributed by atoms with E-state index in [0.717, 1.165) is 17.4 Å². The molecule has 0 aliphatic carbocycles. The number of H-pyrrole nitrogens is 1. The first-order chi connectivity index (χ1) is 10.6. The molecule has 1 amide bonds. The van der Waals surface area contributed by atoms with Crippen molar-refractivity contribution in [2.24, 2.45) is 0 Å². The highest BCUT2D eigenvalue weighted by atomic mass is 16.5. The van der Waals surface area contributed by atoms with Crippen molar-refractivity contribution in [3.05, 3.63) is 57.7 Å². The average molecular weight is 297 g/mol. The maximum Gasteiger partial charge on any atom is 0.277 e. The van der Waals surface area contributed by atoms with Crippen molar-refractivity contribution >= 4 is 22.5 Å². The van der Waals surface area contributed by atoms with Crippen molar-refractivity contribution in [3.8, 4) is 0 Å². The summed E-state index contributed by atoms with van der Waals surface area (Å²) in [5, 5.41) is 7.38. The number of carbonyl (C=O) groups excluding carboxylic acids is 1. The lowest BCUT2D eigenvalue weighted by Gasteiger charge is -2.07. The number of nitrogens with one attached hydrogen (secondary N) is 2. The van der Waals surface area contributed by atoms with Crippen molar-refractivity contribution in [2.45, 2.75) is 20.3 Å². The molecule has 0 aliphatic rings. The lowest BCUT2D eigenvalue weighted by molar-refractivity contribution is 0.101. The second-order valence-electron chi connectivity index (χ2n) is 5.05. The number of anilines is 1. The number of aryl methyl sites for hydroxylation is 2. The van der Waals surface area contributed by atoms with Crippen LogP contribution in [0.4, 0.5) is 5.69 Å². The lowest BCUT2D eigenvalue weighted by atomic mass is 10.1. The Bertz CT molecular complexity index is 908. The van der Waals surface area contributed by atoms with Crippen LogP contribution < -0.4 is 10.9 Å². The summed E-state index contributed by atoms with van der Waals surface area (Å²) in [5.41, 5.74) is 2.32. The van der Waals surface area contributed by atoms with Crippen LogP contribution in [0.3, 0.4) is 0 Å². The molecule has 0 radical (unpaired) electrons. The molecule has 0 fully saturated rings. The molecule has 6 nitrogen and oxygen atoms in total. The van der Waals surface area contributed by atoms with Gasteiger partial charge in [0, 0.05) is 23.2 Å². The molecule has 1 aromatic carbocycles. The Balaban J connectivity index is 1.95. The van der Waals surface area contributed by atoms with Crippen molar-refractivity contribution in [2.75, 3.05) is 5.32 Å². The van der Waals surface area contributed by atoms with E-state index in [4.69, 9.17) is 4.52 Å². The van der Waals surface area contributed by atoms with Crippen LogP contribution in [0.15, 0.2) is 39.6 Å². The van der Waals surface area contributed by atoms with Crippen molar-refractivity contribution in [1.29, 1.82) is 0 Å². The third-order valence-corrected chi connectivity index (χ3v) is 3.43. The average Bonchev–Trinajstić information content (AvgIpc) is 2.92. The molecule has 3 aromatic rings. The normalized spacial score (nSPS) is 10.8. The second kappa shape index (κ2) is 5.48.